The smallest absolute Gasteiger partial charge is 0.336 e. The summed E-state index contributed by atoms with van der Waals surface area (Å²) in [7, 11) is 0. The Hall–Kier alpha value is -3.02. The predicted molar refractivity (Wildman–Crippen MR) is 86.5 cm³/mol. The molecule has 0 unspecified atom stereocenters. The van der Waals surface area contributed by atoms with E-state index in [1.807, 2.05) is 25.1 Å². The zero-order valence-electron chi connectivity index (χ0n) is 12.9. The van der Waals surface area contributed by atoms with Crippen molar-refractivity contribution in [2.24, 2.45) is 0 Å². The lowest BCUT2D eigenvalue weighted by Gasteiger charge is -2.11. The van der Waals surface area contributed by atoms with Gasteiger partial charge in [0.1, 0.15) is 11.5 Å². The third kappa shape index (κ3) is 2.96. The van der Waals surface area contributed by atoms with Crippen molar-refractivity contribution in [2.45, 2.75) is 20.4 Å². The number of rotatable bonds is 5. The molecule has 2 aromatic heterocycles. The fourth-order valence-electron chi connectivity index (χ4n) is 2.48. The van der Waals surface area contributed by atoms with E-state index in [0.717, 1.165) is 28.5 Å². The SMILES string of the molecule is Cc1ccc(-c2[nH]ncc2CNc2cccc(C(=O)O)c2C)o1. The van der Waals surface area contributed by atoms with Crippen molar-refractivity contribution < 1.29 is 14.3 Å². The summed E-state index contributed by atoms with van der Waals surface area (Å²) in [5, 5.41) is 19.5. The first-order chi connectivity index (χ1) is 11.1. The quantitative estimate of drug-likeness (QED) is 0.669. The Bertz CT molecular complexity index is 848. The largest absolute Gasteiger partial charge is 0.478 e. The summed E-state index contributed by atoms with van der Waals surface area (Å²) < 4.78 is 5.62. The molecular formula is C17H17N3O3. The number of anilines is 1. The van der Waals surface area contributed by atoms with Crippen molar-refractivity contribution in [2.75, 3.05) is 5.32 Å². The number of carboxylic acids is 1. The molecule has 0 saturated carbocycles. The average Bonchev–Trinajstić information content (AvgIpc) is 3.14. The monoisotopic (exact) mass is 311 g/mol. The van der Waals surface area contributed by atoms with Crippen LogP contribution in [0.3, 0.4) is 0 Å². The maximum atomic E-state index is 11.2. The number of aryl methyl sites for hydroxylation is 1. The van der Waals surface area contributed by atoms with Gasteiger partial charge in [0.25, 0.3) is 0 Å². The first-order valence-corrected chi connectivity index (χ1v) is 7.22. The highest BCUT2D eigenvalue weighted by Gasteiger charge is 2.13. The number of H-pyrrole nitrogens is 1. The van der Waals surface area contributed by atoms with Crippen LogP contribution in [0.1, 0.15) is 27.2 Å². The first kappa shape index (κ1) is 14.9. The third-order valence-electron chi connectivity index (χ3n) is 3.74. The normalized spacial score (nSPS) is 10.7. The Balaban J connectivity index is 1.81. The lowest BCUT2D eigenvalue weighted by Crippen LogP contribution is -2.06. The second-order valence-corrected chi connectivity index (χ2v) is 5.32. The lowest BCUT2D eigenvalue weighted by molar-refractivity contribution is 0.0696. The highest BCUT2D eigenvalue weighted by atomic mass is 16.4. The highest BCUT2D eigenvalue weighted by Crippen LogP contribution is 2.25. The molecule has 23 heavy (non-hydrogen) atoms. The number of carboxylic acid groups (broad SMARTS) is 1. The van der Waals surface area contributed by atoms with Gasteiger partial charge in [0.05, 0.1) is 11.8 Å². The molecule has 2 heterocycles. The molecule has 0 bridgehead atoms. The van der Waals surface area contributed by atoms with Crippen LogP contribution in [0.2, 0.25) is 0 Å². The Labute approximate surface area is 133 Å². The number of furan rings is 1. The maximum Gasteiger partial charge on any atom is 0.336 e. The molecule has 0 amide bonds. The van der Waals surface area contributed by atoms with Gasteiger partial charge < -0.3 is 14.8 Å². The van der Waals surface area contributed by atoms with Gasteiger partial charge >= 0.3 is 5.97 Å². The number of carbonyl (C=O) groups is 1. The second kappa shape index (κ2) is 6.00. The molecule has 6 heteroatoms. The number of hydrogen-bond acceptors (Lipinski definition) is 4. The van der Waals surface area contributed by atoms with E-state index in [2.05, 4.69) is 15.5 Å². The zero-order valence-corrected chi connectivity index (χ0v) is 12.9. The first-order valence-electron chi connectivity index (χ1n) is 7.22. The van der Waals surface area contributed by atoms with Crippen LogP contribution in [-0.4, -0.2) is 21.3 Å². The third-order valence-corrected chi connectivity index (χ3v) is 3.74. The molecule has 3 rings (SSSR count). The fraction of sp³-hybridized carbons (Fsp3) is 0.176. The van der Waals surface area contributed by atoms with Crippen molar-refractivity contribution in [3.05, 3.63) is 59.0 Å². The zero-order chi connectivity index (χ0) is 16.4. The minimum Gasteiger partial charge on any atom is -0.478 e. The molecule has 0 atom stereocenters. The summed E-state index contributed by atoms with van der Waals surface area (Å²) in [4.78, 5) is 11.2. The summed E-state index contributed by atoms with van der Waals surface area (Å²) in [5.74, 6) is 0.632. The number of benzene rings is 1. The van der Waals surface area contributed by atoms with E-state index >= 15 is 0 Å². The van der Waals surface area contributed by atoms with E-state index in [1.54, 1.807) is 25.3 Å². The summed E-state index contributed by atoms with van der Waals surface area (Å²) in [6, 6.07) is 8.97. The van der Waals surface area contributed by atoms with Crippen LogP contribution in [0, 0.1) is 13.8 Å². The van der Waals surface area contributed by atoms with Crippen molar-refractivity contribution in [1.29, 1.82) is 0 Å². The van der Waals surface area contributed by atoms with E-state index in [-0.39, 0.29) is 0 Å². The average molecular weight is 311 g/mol. The van der Waals surface area contributed by atoms with Gasteiger partial charge in [0.2, 0.25) is 0 Å². The molecule has 1 aromatic carbocycles. The van der Waals surface area contributed by atoms with Gasteiger partial charge in [-0.05, 0) is 43.7 Å². The van der Waals surface area contributed by atoms with Crippen molar-refractivity contribution >= 4 is 11.7 Å². The van der Waals surface area contributed by atoms with Crippen LogP contribution in [0.25, 0.3) is 11.5 Å². The van der Waals surface area contributed by atoms with Gasteiger partial charge in [-0.1, -0.05) is 6.07 Å². The van der Waals surface area contributed by atoms with Crippen molar-refractivity contribution in [3.63, 3.8) is 0 Å². The molecule has 118 valence electrons. The van der Waals surface area contributed by atoms with Gasteiger partial charge in [-0.15, -0.1) is 0 Å². The Morgan fingerprint density at radius 2 is 2.13 bits per heavy atom. The Morgan fingerprint density at radius 1 is 1.30 bits per heavy atom. The number of nitrogens with zero attached hydrogens (tertiary/aromatic N) is 1. The summed E-state index contributed by atoms with van der Waals surface area (Å²) in [6.07, 6.45) is 1.73. The maximum absolute atomic E-state index is 11.2. The molecule has 0 saturated heterocycles. The number of nitrogens with one attached hydrogen (secondary N) is 2. The van der Waals surface area contributed by atoms with Crippen LogP contribution < -0.4 is 5.32 Å². The topological polar surface area (TPSA) is 91.2 Å². The van der Waals surface area contributed by atoms with Crippen LogP contribution in [0.15, 0.2) is 40.9 Å². The van der Waals surface area contributed by atoms with Crippen LogP contribution in [0.5, 0.6) is 0 Å². The van der Waals surface area contributed by atoms with Gasteiger partial charge in [-0.25, -0.2) is 4.79 Å². The summed E-state index contributed by atoms with van der Waals surface area (Å²) in [6.45, 7) is 4.19. The van der Waals surface area contributed by atoms with Crippen LogP contribution in [0.4, 0.5) is 5.69 Å². The summed E-state index contributed by atoms with van der Waals surface area (Å²) >= 11 is 0. The van der Waals surface area contributed by atoms with E-state index in [0.29, 0.717) is 17.7 Å². The number of aromatic nitrogens is 2. The van der Waals surface area contributed by atoms with Crippen molar-refractivity contribution in [3.8, 4) is 11.5 Å². The van der Waals surface area contributed by atoms with Crippen molar-refractivity contribution in [1.82, 2.24) is 10.2 Å². The Kier molecular flexibility index (Phi) is 3.89. The number of aromatic amines is 1. The van der Waals surface area contributed by atoms with E-state index in [1.165, 1.54) is 0 Å². The molecule has 0 aliphatic carbocycles. The van der Waals surface area contributed by atoms with Gasteiger partial charge in [-0.3, -0.25) is 5.10 Å². The van der Waals surface area contributed by atoms with E-state index in [9.17, 15) is 9.90 Å². The molecule has 0 spiro atoms. The molecule has 0 aliphatic heterocycles. The standard InChI is InChI=1S/C17H17N3O3/c1-10-6-7-15(23-10)16-12(9-19-20-16)8-18-14-5-3-4-13(11(14)2)17(21)22/h3-7,9,18H,8H2,1-2H3,(H,19,20)(H,21,22). The molecule has 0 radical (unpaired) electrons. The van der Waals surface area contributed by atoms with Gasteiger partial charge in [0, 0.05) is 17.8 Å². The Morgan fingerprint density at radius 3 is 2.83 bits per heavy atom. The lowest BCUT2D eigenvalue weighted by atomic mass is 10.1. The molecule has 3 aromatic rings. The van der Waals surface area contributed by atoms with Crippen LogP contribution >= 0.6 is 0 Å². The molecular weight excluding hydrogens is 294 g/mol. The number of hydrogen-bond donors (Lipinski definition) is 3. The second-order valence-electron chi connectivity index (χ2n) is 5.32. The van der Waals surface area contributed by atoms with E-state index in [4.69, 9.17) is 4.42 Å². The minimum atomic E-state index is -0.929. The number of aromatic carboxylic acids is 1. The summed E-state index contributed by atoms with van der Waals surface area (Å²) in [5.41, 5.74) is 3.55. The molecule has 3 N–H and O–H groups in total. The minimum absolute atomic E-state index is 0.295. The fourth-order valence-corrected chi connectivity index (χ4v) is 2.48. The highest BCUT2D eigenvalue weighted by molar-refractivity contribution is 5.91. The molecule has 6 nitrogen and oxygen atoms in total. The predicted octanol–water partition coefficient (Wildman–Crippen LogP) is 3.60. The van der Waals surface area contributed by atoms with Gasteiger partial charge in [0.15, 0.2) is 5.76 Å². The van der Waals surface area contributed by atoms with Crippen LogP contribution in [-0.2, 0) is 6.54 Å². The molecule has 0 fully saturated rings. The van der Waals surface area contributed by atoms with Gasteiger partial charge in [-0.2, -0.15) is 5.10 Å². The van der Waals surface area contributed by atoms with E-state index < -0.39 is 5.97 Å². The molecule has 0 aliphatic rings.